The van der Waals surface area contributed by atoms with E-state index in [0.717, 1.165) is 4.47 Å². The quantitative estimate of drug-likeness (QED) is 0.701. The van der Waals surface area contributed by atoms with Crippen molar-refractivity contribution in [3.05, 3.63) is 55.2 Å². The summed E-state index contributed by atoms with van der Waals surface area (Å²) in [5.41, 5.74) is 1.72. The Labute approximate surface area is 145 Å². The summed E-state index contributed by atoms with van der Waals surface area (Å²) >= 11 is 21.5. The summed E-state index contributed by atoms with van der Waals surface area (Å²) in [7, 11) is 0. The molecule has 0 saturated carbocycles. The first-order valence-electron chi connectivity index (χ1n) is 5.93. The van der Waals surface area contributed by atoms with Crippen molar-refractivity contribution in [2.24, 2.45) is 0 Å². The Bertz CT molecular complexity index is 684. The van der Waals surface area contributed by atoms with E-state index >= 15 is 0 Å². The molecule has 0 spiro atoms. The van der Waals surface area contributed by atoms with Crippen LogP contribution in [0.2, 0.25) is 15.2 Å². The molecule has 0 saturated heterocycles. The van der Waals surface area contributed by atoms with Crippen LogP contribution in [-0.4, -0.2) is 10.9 Å². The van der Waals surface area contributed by atoms with Gasteiger partial charge in [-0.1, -0.05) is 50.7 Å². The summed E-state index contributed by atoms with van der Waals surface area (Å²) in [6.07, 6.45) is 0.0251. The number of aryl methyl sites for hydroxylation is 1. The number of hydrogen-bond donors (Lipinski definition) is 1. The number of rotatable bonds is 3. The number of benzene rings is 1. The molecule has 0 atom stereocenters. The Morgan fingerprint density at radius 3 is 2.57 bits per heavy atom. The number of anilines is 1. The second kappa shape index (κ2) is 6.97. The van der Waals surface area contributed by atoms with Crippen molar-refractivity contribution in [3.63, 3.8) is 0 Å². The standard InChI is InChI=1S/C14H10BrCl3N2O/c1-7-4-10(16)9(14(18)19-7)6-13(21)20-12-3-2-8(15)5-11(12)17/h2-5H,6H2,1H3,(H,20,21). The van der Waals surface area contributed by atoms with Crippen molar-refractivity contribution < 1.29 is 4.79 Å². The maximum atomic E-state index is 12.1. The third kappa shape index (κ3) is 4.33. The molecule has 1 N–H and O–H groups in total. The van der Waals surface area contributed by atoms with E-state index in [2.05, 4.69) is 26.2 Å². The monoisotopic (exact) mass is 406 g/mol. The molecule has 1 heterocycles. The fraction of sp³-hybridized carbons (Fsp3) is 0.143. The van der Waals surface area contributed by atoms with E-state index in [9.17, 15) is 4.79 Å². The van der Waals surface area contributed by atoms with E-state index in [4.69, 9.17) is 34.8 Å². The second-order valence-electron chi connectivity index (χ2n) is 4.36. The minimum Gasteiger partial charge on any atom is -0.324 e. The Hall–Kier alpha value is -0.810. The van der Waals surface area contributed by atoms with Gasteiger partial charge >= 0.3 is 0 Å². The zero-order valence-corrected chi connectivity index (χ0v) is 14.7. The number of hydrogen-bond acceptors (Lipinski definition) is 2. The minimum atomic E-state index is -0.270. The summed E-state index contributed by atoms with van der Waals surface area (Å²) in [4.78, 5) is 16.2. The van der Waals surface area contributed by atoms with Crippen molar-refractivity contribution in [2.45, 2.75) is 13.3 Å². The number of carbonyl (C=O) groups is 1. The molecule has 2 aromatic rings. The highest BCUT2D eigenvalue weighted by Crippen LogP contribution is 2.27. The Kier molecular flexibility index (Phi) is 5.49. The molecule has 0 radical (unpaired) electrons. The summed E-state index contributed by atoms with van der Waals surface area (Å²) in [5.74, 6) is -0.270. The lowest BCUT2D eigenvalue weighted by Crippen LogP contribution is -2.15. The highest BCUT2D eigenvalue weighted by atomic mass is 79.9. The molecule has 0 aliphatic carbocycles. The lowest BCUT2D eigenvalue weighted by atomic mass is 10.2. The van der Waals surface area contributed by atoms with E-state index in [1.54, 1.807) is 31.2 Å². The lowest BCUT2D eigenvalue weighted by molar-refractivity contribution is -0.115. The fourth-order valence-corrected chi connectivity index (χ4v) is 3.11. The van der Waals surface area contributed by atoms with Gasteiger partial charge in [-0.05, 0) is 31.2 Å². The largest absolute Gasteiger partial charge is 0.324 e. The molecule has 7 heteroatoms. The van der Waals surface area contributed by atoms with Gasteiger partial charge in [0.1, 0.15) is 5.15 Å². The summed E-state index contributed by atoms with van der Waals surface area (Å²) < 4.78 is 0.833. The van der Waals surface area contributed by atoms with Crippen LogP contribution in [0, 0.1) is 6.92 Å². The minimum absolute atomic E-state index is 0.0251. The van der Waals surface area contributed by atoms with Crippen LogP contribution < -0.4 is 5.32 Å². The van der Waals surface area contributed by atoms with E-state index in [1.165, 1.54) is 0 Å². The zero-order valence-electron chi connectivity index (χ0n) is 10.9. The molecular formula is C14H10BrCl3N2O. The fourth-order valence-electron chi connectivity index (χ4n) is 1.73. The molecule has 1 aromatic carbocycles. The number of nitrogens with one attached hydrogen (secondary N) is 1. The first-order valence-corrected chi connectivity index (χ1v) is 7.86. The van der Waals surface area contributed by atoms with Crippen LogP contribution in [0.4, 0.5) is 5.69 Å². The van der Waals surface area contributed by atoms with Crippen molar-refractivity contribution in [1.82, 2.24) is 4.98 Å². The first kappa shape index (κ1) is 16.6. The lowest BCUT2D eigenvalue weighted by Gasteiger charge is -2.10. The number of aromatic nitrogens is 1. The van der Waals surface area contributed by atoms with Crippen molar-refractivity contribution >= 4 is 62.3 Å². The van der Waals surface area contributed by atoms with Gasteiger partial charge in [0, 0.05) is 20.8 Å². The number of nitrogens with zero attached hydrogens (tertiary/aromatic N) is 1. The van der Waals surface area contributed by atoms with Crippen LogP contribution >= 0.6 is 50.7 Å². The predicted octanol–water partition coefficient (Wildman–Crippen LogP) is 5.29. The van der Waals surface area contributed by atoms with Crippen LogP contribution in [0.15, 0.2) is 28.7 Å². The maximum absolute atomic E-state index is 12.1. The normalized spacial score (nSPS) is 10.5. The van der Waals surface area contributed by atoms with Gasteiger partial charge in [-0.3, -0.25) is 4.79 Å². The molecule has 0 aliphatic rings. The Balaban J connectivity index is 2.16. The van der Waals surface area contributed by atoms with Gasteiger partial charge in [-0.25, -0.2) is 4.98 Å². The Morgan fingerprint density at radius 1 is 1.24 bits per heavy atom. The van der Waals surface area contributed by atoms with Crippen LogP contribution in [0.5, 0.6) is 0 Å². The molecular weight excluding hydrogens is 398 g/mol. The van der Waals surface area contributed by atoms with Gasteiger partial charge in [-0.2, -0.15) is 0 Å². The third-order valence-corrected chi connectivity index (χ3v) is 4.15. The molecule has 0 bridgehead atoms. The Morgan fingerprint density at radius 2 is 1.95 bits per heavy atom. The molecule has 0 aliphatic heterocycles. The molecule has 0 fully saturated rings. The summed E-state index contributed by atoms with van der Waals surface area (Å²) in [6, 6.07) is 6.86. The summed E-state index contributed by atoms with van der Waals surface area (Å²) in [5, 5.41) is 3.81. The SMILES string of the molecule is Cc1cc(Cl)c(CC(=O)Nc2ccc(Br)cc2Cl)c(Cl)n1. The van der Waals surface area contributed by atoms with Gasteiger partial charge < -0.3 is 5.32 Å². The van der Waals surface area contributed by atoms with E-state index in [1.807, 2.05) is 0 Å². The molecule has 21 heavy (non-hydrogen) atoms. The van der Waals surface area contributed by atoms with Gasteiger partial charge in [-0.15, -0.1) is 0 Å². The van der Waals surface area contributed by atoms with Gasteiger partial charge in [0.15, 0.2) is 0 Å². The first-order chi connectivity index (χ1) is 9.86. The zero-order chi connectivity index (χ0) is 15.6. The van der Waals surface area contributed by atoms with Crippen molar-refractivity contribution in [1.29, 1.82) is 0 Å². The van der Waals surface area contributed by atoms with Crippen LogP contribution in [0.3, 0.4) is 0 Å². The number of amides is 1. The molecule has 110 valence electrons. The van der Waals surface area contributed by atoms with Gasteiger partial charge in [0.05, 0.1) is 17.1 Å². The molecule has 0 unspecified atom stereocenters. The highest BCUT2D eigenvalue weighted by Gasteiger charge is 2.14. The van der Waals surface area contributed by atoms with Gasteiger partial charge in [0.25, 0.3) is 0 Å². The molecule has 1 amide bonds. The average molecular weight is 409 g/mol. The van der Waals surface area contributed by atoms with E-state index < -0.39 is 0 Å². The van der Waals surface area contributed by atoms with Gasteiger partial charge in [0.2, 0.25) is 5.91 Å². The molecule has 1 aromatic heterocycles. The van der Waals surface area contributed by atoms with Crippen molar-refractivity contribution in [2.75, 3.05) is 5.32 Å². The number of carbonyl (C=O) groups excluding carboxylic acids is 1. The second-order valence-corrected chi connectivity index (χ2v) is 6.45. The molecule has 3 nitrogen and oxygen atoms in total. The van der Waals surface area contributed by atoms with Crippen molar-refractivity contribution in [3.8, 4) is 0 Å². The van der Waals surface area contributed by atoms with Crippen LogP contribution in [0.1, 0.15) is 11.3 Å². The number of pyridine rings is 1. The van der Waals surface area contributed by atoms with E-state index in [-0.39, 0.29) is 17.5 Å². The number of halogens is 4. The summed E-state index contributed by atoms with van der Waals surface area (Å²) in [6.45, 7) is 1.78. The maximum Gasteiger partial charge on any atom is 0.229 e. The predicted molar refractivity (Wildman–Crippen MR) is 90.5 cm³/mol. The van der Waals surface area contributed by atoms with Crippen LogP contribution in [-0.2, 0) is 11.2 Å². The highest BCUT2D eigenvalue weighted by molar-refractivity contribution is 9.10. The third-order valence-electron chi connectivity index (χ3n) is 2.69. The van der Waals surface area contributed by atoms with E-state index in [0.29, 0.717) is 27.0 Å². The average Bonchev–Trinajstić information content (AvgIpc) is 2.37. The van der Waals surface area contributed by atoms with Crippen LogP contribution in [0.25, 0.3) is 0 Å². The topological polar surface area (TPSA) is 42.0 Å². The smallest absolute Gasteiger partial charge is 0.229 e. The molecule has 2 rings (SSSR count).